The second-order valence-electron chi connectivity index (χ2n) is 7.99. The zero-order valence-electron chi connectivity index (χ0n) is 19.5. The highest BCUT2D eigenvalue weighted by Gasteiger charge is 2.13. The average molecular weight is 489 g/mol. The van der Waals surface area contributed by atoms with E-state index in [9.17, 15) is 4.39 Å². The molecule has 184 valence electrons. The maximum atomic E-state index is 14.6. The Morgan fingerprint density at radius 2 is 2.08 bits per heavy atom. The molecule has 10 heteroatoms. The Morgan fingerprint density at radius 3 is 3.00 bits per heavy atom. The van der Waals surface area contributed by atoms with E-state index in [1.165, 1.54) is 0 Å². The molecule has 0 saturated carbocycles. The topological polar surface area (TPSA) is 96.2 Å². The van der Waals surface area contributed by atoms with Gasteiger partial charge in [0.15, 0.2) is 5.82 Å². The molecule has 0 spiro atoms. The Morgan fingerprint density at radius 1 is 1.11 bits per heavy atom. The number of ether oxygens (including phenoxy) is 3. The van der Waals surface area contributed by atoms with Crippen molar-refractivity contribution < 1.29 is 18.6 Å². The first kappa shape index (κ1) is 23.4. The Balaban J connectivity index is 1.41. The van der Waals surface area contributed by atoms with Crippen LogP contribution in [0.2, 0.25) is 0 Å². The summed E-state index contributed by atoms with van der Waals surface area (Å²) in [7, 11) is 0. The van der Waals surface area contributed by atoms with Gasteiger partial charge in [0, 0.05) is 41.5 Å². The van der Waals surface area contributed by atoms with Gasteiger partial charge in [-0.05, 0) is 30.7 Å². The molecule has 1 aliphatic rings. The fourth-order valence-corrected chi connectivity index (χ4v) is 3.64. The van der Waals surface area contributed by atoms with Crippen molar-refractivity contribution >= 4 is 11.6 Å². The van der Waals surface area contributed by atoms with Crippen molar-refractivity contribution in [1.82, 2.24) is 24.5 Å². The first-order valence-electron chi connectivity index (χ1n) is 11.6. The van der Waals surface area contributed by atoms with E-state index >= 15 is 0 Å². The summed E-state index contributed by atoms with van der Waals surface area (Å²) in [6, 6.07) is 9.01. The molecule has 0 amide bonds. The number of halogens is 1. The molecule has 1 N–H and O–H groups in total. The Kier molecular flexibility index (Phi) is 7.43. The Labute approximate surface area is 207 Å². The van der Waals surface area contributed by atoms with Gasteiger partial charge in [0.2, 0.25) is 11.8 Å². The van der Waals surface area contributed by atoms with Gasteiger partial charge in [-0.3, -0.25) is 0 Å². The second kappa shape index (κ2) is 11.4. The van der Waals surface area contributed by atoms with Crippen LogP contribution in [0.5, 0.6) is 11.6 Å². The summed E-state index contributed by atoms with van der Waals surface area (Å²) < 4.78 is 34.2. The monoisotopic (exact) mass is 488 g/mol. The summed E-state index contributed by atoms with van der Waals surface area (Å²) in [5.74, 6) is 0.845. The van der Waals surface area contributed by atoms with Crippen molar-refractivity contribution in [2.75, 3.05) is 25.1 Å². The molecule has 4 aromatic rings. The van der Waals surface area contributed by atoms with Crippen molar-refractivity contribution in [3.63, 3.8) is 0 Å². The number of rotatable bonds is 4. The summed E-state index contributed by atoms with van der Waals surface area (Å²) in [6.07, 6.45) is 12.7. The SMILES string of the molecule is Fc1cnc2nc1-c1ccnc(c1)OCC/C=C/COCc1cc(ccc1OCCn1ccnc1)N2. The molecule has 5 rings (SSSR count). The number of aromatic nitrogens is 5. The van der Waals surface area contributed by atoms with Crippen LogP contribution in [0.15, 0.2) is 73.6 Å². The minimum atomic E-state index is -0.536. The van der Waals surface area contributed by atoms with E-state index in [1.54, 1.807) is 30.9 Å². The maximum absolute atomic E-state index is 14.6. The van der Waals surface area contributed by atoms with Gasteiger partial charge in [-0.15, -0.1) is 0 Å². The number of hydrogen-bond donors (Lipinski definition) is 1. The zero-order chi connectivity index (χ0) is 24.6. The molecule has 0 aliphatic carbocycles. The molecule has 1 aromatic carbocycles. The van der Waals surface area contributed by atoms with Crippen LogP contribution >= 0.6 is 0 Å². The fourth-order valence-electron chi connectivity index (χ4n) is 3.64. The molecular formula is C26H25FN6O3. The summed E-state index contributed by atoms with van der Waals surface area (Å²) in [5, 5.41) is 3.16. The molecule has 9 nitrogen and oxygen atoms in total. The lowest BCUT2D eigenvalue weighted by atomic mass is 10.1. The molecule has 0 fully saturated rings. The van der Waals surface area contributed by atoms with Gasteiger partial charge >= 0.3 is 0 Å². The summed E-state index contributed by atoms with van der Waals surface area (Å²) >= 11 is 0. The molecule has 36 heavy (non-hydrogen) atoms. The van der Waals surface area contributed by atoms with E-state index in [2.05, 4.69) is 25.3 Å². The van der Waals surface area contributed by atoms with Crippen LogP contribution in [0.25, 0.3) is 11.3 Å². The third-order valence-electron chi connectivity index (χ3n) is 5.41. The van der Waals surface area contributed by atoms with E-state index in [1.807, 2.05) is 41.1 Å². The molecule has 0 unspecified atom stereocenters. The smallest absolute Gasteiger partial charge is 0.227 e. The number of fused-ring (bicyclic) bond motifs is 7. The van der Waals surface area contributed by atoms with Gasteiger partial charge in [0.25, 0.3) is 0 Å². The van der Waals surface area contributed by atoms with E-state index in [0.29, 0.717) is 50.8 Å². The van der Waals surface area contributed by atoms with Crippen molar-refractivity contribution in [3.05, 3.63) is 85.0 Å². The Hall–Kier alpha value is -4.31. The van der Waals surface area contributed by atoms with Crippen molar-refractivity contribution in [1.29, 1.82) is 0 Å². The Bertz CT molecular complexity index is 1330. The third-order valence-corrected chi connectivity index (χ3v) is 5.41. The number of anilines is 2. The molecule has 0 atom stereocenters. The summed E-state index contributed by atoms with van der Waals surface area (Å²) in [6.45, 7) is 2.39. The zero-order valence-corrected chi connectivity index (χ0v) is 19.5. The van der Waals surface area contributed by atoms with Gasteiger partial charge in [0.1, 0.15) is 18.1 Å². The lowest BCUT2D eigenvalue weighted by Crippen LogP contribution is -2.09. The van der Waals surface area contributed by atoms with E-state index < -0.39 is 5.82 Å². The predicted octanol–water partition coefficient (Wildman–Crippen LogP) is 4.55. The van der Waals surface area contributed by atoms with Gasteiger partial charge < -0.3 is 24.1 Å². The van der Waals surface area contributed by atoms with Crippen LogP contribution in [0.1, 0.15) is 12.0 Å². The number of nitrogens with zero attached hydrogens (tertiary/aromatic N) is 5. The third kappa shape index (κ3) is 6.02. The van der Waals surface area contributed by atoms with Crippen LogP contribution in [-0.2, 0) is 17.9 Å². The van der Waals surface area contributed by atoms with Crippen LogP contribution < -0.4 is 14.8 Å². The number of hydrogen-bond acceptors (Lipinski definition) is 8. The van der Waals surface area contributed by atoms with Crippen molar-refractivity contribution in [2.45, 2.75) is 19.6 Å². The molecule has 3 aromatic heterocycles. The van der Waals surface area contributed by atoms with E-state index in [4.69, 9.17) is 14.2 Å². The first-order valence-corrected chi connectivity index (χ1v) is 11.6. The quantitative estimate of drug-likeness (QED) is 0.418. The predicted molar refractivity (Wildman–Crippen MR) is 132 cm³/mol. The molecule has 6 bridgehead atoms. The lowest BCUT2D eigenvalue weighted by Gasteiger charge is -2.15. The number of imidazole rings is 1. The number of pyridine rings is 1. The van der Waals surface area contributed by atoms with E-state index in [0.717, 1.165) is 23.2 Å². The van der Waals surface area contributed by atoms with Crippen LogP contribution in [-0.4, -0.2) is 44.3 Å². The first-order chi connectivity index (χ1) is 17.7. The molecule has 0 radical (unpaired) electrons. The van der Waals surface area contributed by atoms with Crippen LogP contribution in [0.3, 0.4) is 0 Å². The highest BCUT2D eigenvalue weighted by atomic mass is 19.1. The average Bonchev–Trinajstić information content (AvgIpc) is 3.41. The number of nitrogens with one attached hydrogen (secondary N) is 1. The summed E-state index contributed by atoms with van der Waals surface area (Å²) in [5.41, 5.74) is 2.30. The van der Waals surface area contributed by atoms with Crippen LogP contribution in [0, 0.1) is 5.82 Å². The normalized spacial score (nSPS) is 14.6. The number of benzene rings is 1. The molecular weight excluding hydrogens is 463 g/mol. The second-order valence-corrected chi connectivity index (χ2v) is 7.99. The molecule has 4 heterocycles. The van der Waals surface area contributed by atoms with Gasteiger partial charge in [-0.2, -0.15) is 0 Å². The molecule has 0 saturated heterocycles. The minimum absolute atomic E-state index is 0.156. The summed E-state index contributed by atoms with van der Waals surface area (Å²) in [4.78, 5) is 16.8. The minimum Gasteiger partial charge on any atom is -0.491 e. The fraction of sp³-hybridized carbons (Fsp3) is 0.231. The highest BCUT2D eigenvalue weighted by molar-refractivity contribution is 5.64. The van der Waals surface area contributed by atoms with Gasteiger partial charge in [0.05, 0.1) is 38.9 Å². The largest absolute Gasteiger partial charge is 0.491 e. The maximum Gasteiger partial charge on any atom is 0.227 e. The standard InChI is InChI=1S/C26H25FN6O3/c27-22-16-30-26-31-21-4-5-23(35-13-10-33-9-8-28-18-33)20(14-21)17-34-11-2-1-3-12-36-24-15-19(6-7-29-24)25(22)32-26/h1-2,4-9,14-16,18H,3,10-13,17H2,(H,30,31,32)/b2-1+. The van der Waals surface area contributed by atoms with Crippen LogP contribution in [0.4, 0.5) is 16.0 Å². The van der Waals surface area contributed by atoms with Crippen molar-refractivity contribution in [2.24, 2.45) is 0 Å². The van der Waals surface area contributed by atoms with Gasteiger partial charge in [-0.25, -0.2) is 24.3 Å². The van der Waals surface area contributed by atoms with Crippen molar-refractivity contribution in [3.8, 4) is 22.9 Å². The molecule has 1 aliphatic heterocycles. The van der Waals surface area contributed by atoms with Gasteiger partial charge in [-0.1, -0.05) is 12.2 Å². The van der Waals surface area contributed by atoms with E-state index in [-0.39, 0.29) is 11.6 Å². The highest BCUT2D eigenvalue weighted by Crippen LogP contribution is 2.28. The lowest BCUT2D eigenvalue weighted by molar-refractivity contribution is 0.144.